The molecular weight excluding hydrogens is 152 g/mol. The topological polar surface area (TPSA) is 48.1 Å². The lowest BCUT2D eigenvalue weighted by molar-refractivity contribution is 0.404. The van der Waals surface area contributed by atoms with Gasteiger partial charge in [-0.25, -0.2) is 0 Å². The van der Waals surface area contributed by atoms with Gasteiger partial charge in [-0.15, -0.1) is 0 Å². The molecule has 2 N–H and O–H groups in total. The van der Waals surface area contributed by atoms with E-state index in [2.05, 4.69) is 4.98 Å². The molecule has 1 aromatic heterocycles. The van der Waals surface area contributed by atoms with Gasteiger partial charge in [-0.3, -0.25) is 4.98 Å². The van der Waals surface area contributed by atoms with E-state index in [4.69, 9.17) is 10.5 Å². The molecule has 0 aromatic carbocycles. The number of pyridine rings is 1. The molecule has 0 saturated heterocycles. The summed E-state index contributed by atoms with van der Waals surface area (Å²) in [5.41, 5.74) is 6.83. The van der Waals surface area contributed by atoms with Gasteiger partial charge in [-0.2, -0.15) is 0 Å². The van der Waals surface area contributed by atoms with Gasteiger partial charge < -0.3 is 10.5 Å². The van der Waals surface area contributed by atoms with Crippen LogP contribution in [0.25, 0.3) is 0 Å². The van der Waals surface area contributed by atoms with Gasteiger partial charge in [0.1, 0.15) is 5.75 Å². The van der Waals surface area contributed by atoms with Crippen molar-refractivity contribution < 1.29 is 4.74 Å². The molecule has 3 nitrogen and oxygen atoms in total. The first-order valence-electron chi connectivity index (χ1n) is 4.03. The van der Waals surface area contributed by atoms with Crippen molar-refractivity contribution in [1.82, 2.24) is 4.98 Å². The monoisotopic (exact) mass is 166 g/mol. The molecule has 12 heavy (non-hydrogen) atoms. The summed E-state index contributed by atoms with van der Waals surface area (Å²) in [7, 11) is 1.64. The zero-order chi connectivity index (χ0) is 8.97. The zero-order valence-electron chi connectivity index (χ0n) is 7.45. The number of nitrogens with two attached hydrogens (primary N) is 1. The molecule has 1 rings (SSSR count). The fraction of sp³-hybridized carbons (Fsp3) is 0.444. The number of hydrogen-bond acceptors (Lipinski definition) is 3. The quantitative estimate of drug-likeness (QED) is 0.740. The number of rotatable bonds is 3. The molecule has 0 saturated carbocycles. The maximum atomic E-state index is 5.85. The Morgan fingerprint density at radius 3 is 3.00 bits per heavy atom. The van der Waals surface area contributed by atoms with Crippen molar-refractivity contribution >= 4 is 0 Å². The fourth-order valence-corrected chi connectivity index (χ4v) is 1.08. The predicted octanol–water partition coefficient (Wildman–Crippen LogP) is 1.50. The van der Waals surface area contributed by atoms with Gasteiger partial charge in [0.2, 0.25) is 0 Å². The maximum absolute atomic E-state index is 5.85. The van der Waals surface area contributed by atoms with E-state index in [9.17, 15) is 0 Å². The molecule has 0 radical (unpaired) electrons. The molecule has 66 valence electrons. The molecule has 3 heteroatoms. The van der Waals surface area contributed by atoms with Gasteiger partial charge in [0, 0.05) is 24.0 Å². The zero-order valence-corrected chi connectivity index (χ0v) is 7.45. The first kappa shape index (κ1) is 9.00. The van der Waals surface area contributed by atoms with Crippen molar-refractivity contribution in [3.05, 3.63) is 24.0 Å². The van der Waals surface area contributed by atoms with Crippen molar-refractivity contribution in [3.63, 3.8) is 0 Å². The highest BCUT2D eigenvalue weighted by molar-refractivity contribution is 5.32. The van der Waals surface area contributed by atoms with E-state index in [1.54, 1.807) is 19.5 Å². The van der Waals surface area contributed by atoms with Crippen molar-refractivity contribution in [1.29, 1.82) is 0 Å². The summed E-state index contributed by atoms with van der Waals surface area (Å²) in [5.74, 6) is 0.819. The minimum atomic E-state index is 0.0219. The standard InChI is InChI=1S/C9H14N2O/c1-3-8(10)7-6-11-5-4-9(7)12-2/h4-6,8H,3,10H2,1-2H3. The molecule has 1 heterocycles. The third kappa shape index (κ3) is 1.74. The summed E-state index contributed by atoms with van der Waals surface area (Å²) in [5, 5.41) is 0. The minimum absolute atomic E-state index is 0.0219. The second-order valence-electron chi connectivity index (χ2n) is 2.63. The molecule has 0 bridgehead atoms. The smallest absolute Gasteiger partial charge is 0.126 e. The van der Waals surface area contributed by atoms with E-state index in [1.807, 2.05) is 13.0 Å². The third-order valence-electron chi connectivity index (χ3n) is 1.87. The van der Waals surface area contributed by atoms with Crippen LogP contribution >= 0.6 is 0 Å². The summed E-state index contributed by atoms with van der Waals surface area (Å²) >= 11 is 0. The number of nitrogens with zero attached hydrogens (tertiary/aromatic N) is 1. The predicted molar refractivity (Wildman–Crippen MR) is 48.0 cm³/mol. The summed E-state index contributed by atoms with van der Waals surface area (Å²) in [6.45, 7) is 2.04. The average Bonchev–Trinajstić information content (AvgIpc) is 2.16. The van der Waals surface area contributed by atoms with E-state index in [-0.39, 0.29) is 6.04 Å². The van der Waals surface area contributed by atoms with E-state index in [0.29, 0.717) is 0 Å². The molecule has 1 unspecified atom stereocenters. The SMILES string of the molecule is CCC(N)c1cnccc1OC. The van der Waals surface area contributed by atoms with Gasteiger partial charge in [0.05, 0.1) is 7.11 Å². The Kier molecular flexibility index (Phi) is 3.05. The molecule has 0 spiro atoms. The van der Waals surface area contributed by atoms with E-state index in [0.717, 1.165) is 17.7 Å². The lowest BCUT2D eigenvalue weighted by Gasteiger charge is -2.12. The first-order valence-corrected chi connectivity index (χ1v) is 4.03. The fourth-order valence-electron chi connectivity index (χ4n) is 1.08. The van der Waals surface area contributed by atoms with Crippen LogP contribution < -0.4 is 10.5 Å². The number of methoxy groups -OCH3 is 1. The lowest BCUT2D eigenvalue weighted by Crippen LogP contribution is -2.10. The molecule has 0 fully saturated rings. The first-order chi connectivity index (χ1) is 5.79. The summed E-state index contributed by atoms with van der Waals surface area (Å²) in [6.07, 6.45) is 4.35. The number of ether oxygens (including phenoxy) is 1. The molecule has 0 aliphatic carbocycles. The third-order valence-corrected chi connectivity index (χ3v) is 1.87. The van der Waals surface area contributed by atoms with Crippen LogP contribution in [-0.2, 0) is 0 Å². The van der Waals surface area contributed by atoms with Crippen LogP contribution in [0, 0.1) is 0 Å². The van der Waals surface area contributed by atoms with Crippen molar-refractivity contribution in [2.24, 2.45) is 5.73 Å². The highest BCUT2D eigenvalue weighted by Crippen LogP contribution is 2.23. The second-order valence-corrected chi connectivity index (χ2v) is 2.63. The molecule has 0 amide bonds. The maximum Gasteiger partial charge on any atom is 0.126 e. The van der Waals surface area contributed by atoms with Crippen LogP contribution in [0.2, 0.25) is 0 Å². The summed E-state index contributed by atoms with van der Waals surface area (Å²) in [6, 6.07) is 1.85. The number of aromatic nitrogens is 1. The Balaban J connectivity index is 2.96. The van der Waals surface area contributed by atoms with Gasteiger partial charge >= 0.3 is 0 Å². The van der Waals surface area contributed by atoms with Crippen LogP contribution in [0.1, 0.15) is 24.9 Å². The van der Waals surface area contributed by atoms with Crippen molar-refractivity contribution in [2.75, 3.05) is 7.11 Å². The molecule has 0 aliphatic heterocycles. The van der Waals surface area contributed by atoms with Crippen molar-refractivity contribution in [3.8, 4) is 5.75 Å². The average molecular weight is 166 g/mol. The largest absolute Gasteiger partial charge is 0.496 e. The van der Waals surface area contributed by atoms with E-state index in [1.165, 1.54) is 0 Å². The van der Waals surface area contributed by atoms with Gasteiger partial charge in [-0.1, -0.05) is 6.92 Å². The van der Waals surface area contributed by atoms with Crippen LogP contribution in [0.3, 0.4) is 0 Å². The van der Waals surface area contributed by atoms with Gasteiger partial charge in [0.25, 0.3) is 0 Å². The lowest BCUT2D eigenvalue weighted by atomic mass is 10.1. The summed E-state index contributed by atoms with van der Waals surface area (Å²) in [4.78, 5) is 4.00. The van der Waals surface area contributed by atoms with E-state index >= 15 is 0 Å². The minimum Gasteiger partial charge on any atom is -0.496 e. The van der Waals surface area contributed by atoms with Gasteiger partial charge in [-0.05, 0) is 12.5 Å². The second kappa shape index (κ2) is 4.07. The highest BCUT2D eigenvalue weighted by Gasteiger charge is 2.08. The van der Waals surface area contributed by atoms with Crippen LogP contribution in [0.15, 0.2) is 18.5 Å². The van der Waals surface area contributed by atoms with Gasteiger partial charge in [0.15, 0.2) is 0 Å². The van der Waals surface area contributed by atoms with Crippen LogP contribution in [0.5, 0.6) is 5.75 Å². The van der Waals surface area contributed by atoms with E-state index < -0.39 is 0 Å². The Bertz CT molecular complexity index is 250. The van der Waals surface area contributed by atoms with Crippen LogP contribution in [0.4, 0.5) is 0 Å². The molecule has 1 atom stereocenters. The number of hydrogen-bond donors (Lipinski definition) is 1. The highest BCUT2D eigenvalue weighted by atomic mass is 16.5. The normalized spacial score (nSPS) is 12.6. The Morgan fingerprint density at radius 1 is 1.67 bits per heavy atom. The Labute approximate surface area is 72.6 Å². The molecule has 0 aliphatic rings. The Hall–Kier alpha value is -1.09. The summed E-state index contributed by atoms with van der Waals surface area (Å²) < 4.78 is 5.15. The Morgan fingerprint density at radius 2 is 2.42 bits per heavy atom. The van der Waals surface area contributed by atoms with Crippen LogP contribution in [-0.4, -0.2) is 12.1 Å². The van der Waals surface area contributed by atoms with Crippen molar-refractivity contribution in [2.45, 2.75) is 19.4 Å². The molecule has 1 aromatic rings. The molecular formula is C9H14N2O.